The summed E-state index contributed by atoms with van der Waals surface area (Å²) in [5.41, 5.74) is 16.5. The standard InChI is InChI=1S/C34H34N4.C23H26ClN3.C11H10BNO2.C11H8BrN.C2H6/c1-33(2,3)27-17-12-24(13-18-27)30-36-31(25-14-19-28(20-15-25)34(4,5)6)38-32(37-30)26-16-21-29(35-22-26)23-10-8-7-9-11-23;1-22(2,3)17-11-7-15(8-12-17)19-25-20(27-21(24)26-19)16-9-13-18(14-10-16)23(4,5)6;14-12(15)10-6-7-11(13-8-10)9-4-2-1-3-5-9;12-10-6-7-11(13-8-10)9-4-2-1-3-5-9;1-2/h7-22H,1-6H3;7-14H,1-6H3;1-8,14-15H;1-8H;1-2H3. The Balaban J connectivity index is 0.000000175. The summed E-state index contributed by atoms with van der Waals surface area (Å²) < 4.78 is 1.01. The molecule has 0 bridgehead atoms. The molecule has 95 heavy (non-hydrogen) atoms. The fourth-order valence-electron chi connectivity index (χ4n) is 9.65. The fourth-order valence-corrected chi connectivity index (χ4v) is 10.0. The molecule has 12 aromatic rings. The van der Waals surface area contributed by atoms with Gasteiger partial charge in [-0.1, -0.05) is 291 Å². The van der Waals surface area contributed by atoms with Crippen LogP contribution in [0.5, 0.6) is 0 Å². The van der Waals surface area contributed by atoms with Crippen LogP contribution < -0.4 is 5.46 Å². The minimum absolute atomic E-state index is 0.0783. The zero-order valence-corrected chi connectivity index (χ0v) is 59.2. The van der Waals surface area contributed by atoms with Gasteiger partial charge in [0.2, 0.25) is 5.28 Å². The van der Waals surface area contributed by atoms with Gasteiger partial charge in [0, 0.05) is 73.0 Å². The Morgan fingerprint density at radius 3 is 0.811 bits per heavy atom. The van der Waals surface area contributed by atoms with Crippen molar-refractivity contribution < 1.29 is 10.0 Å². The molecule has 7 aromatic carbocycles. The molecule has 2 N–H and O–H groups in total. The van der Waals surface area contributed by atoms with Gasteiger partial charge in [-0.2, -0.15) is 9.97 Å². The van der Waals surface area contributed by atoms with Gasteiger partial charge in [0.15, 0.2) is 29.1 Å². The molecule has 0 aliphatic rings. The van der Waals surface area contributed by atoms with E-state index >= 15 is 0 Å². The van der Waals surface area contributed by atoms with E-state index in [4.69, 9.17) is 41.6 Å². The Morgan fingerprint density at radius 2 is 0.558 bits per heavy atom. The van der Waals surface area contributed by atoms with Crippen LogP contribution in [0.4, 0.5) is 0 Å². The first-order valence-electron chi connectivity index (χ1n) is 31.9. The number of rotatable bonds is 9. The van der Waals surface area contributed by atoms with Crippen LogP contribution in [-0.4, -0.2) is 62.0 Å². The highest BCUT2D eigenvalue weighted by molar-refractivity contribution is 9.10. The third-order valence-corrected chi connectivity index (χ3v) is 16.0. The Morgan fingerprint density at radius 1 is 0.295 bits per heavy atom. The second kappa shape index (κ2) is 32.3. The smallest absolute Gasteiger partial charge is 0.423 e. The van der Waals surface area contributed by atoms with Crippen molar-refractivity contribution in [3.05, 3.63) is 275 Å². The van der Waals surface area contributed by atoms with Crippen molar-refractivity contribution in [1.82, 2.24) is 44.9 Å². The quantitative estimate of drug-likeness (QED) is 0.133. The molecule has 0 unspecified atom stereocenters. The summed E-state index contributed by atoms with van der Waals surface area (Å²) in [6, 6.07) is 75.1. The largest absolute Gasteiger partial charge is 0.490 e. The van der Waals surface area contributed by atoms with Crippen molar-refractivity contribution in [3.63, 3.8) is 0 Å². The van der Waals surface area contributed by atoms with Crippen molar-refractivity contribution >= 4 is 40.1 Å². The molecule has 0 aliphatic heterocycles. The highest BCUT2D eigenvalue weighted by atomic mass is 79.9. The second-order valence-corrected chi connectivity index (χ2v) is 27.9. The number of nitrogens with zero attached hydrogens (tertiary/aromatic N) is 9. The van der Waals surface area contributed by atoms with Crippen LogP contribution >= 0.6 is 27.5 Å². The summed E-state index contributed by atoms with van der Waals surface area (Å²) in [6.45, 7) is 30.5. The van der Waals surface area contributed by atoms with Crippen molar-refractivity contribution in [2.45, 2.75) is 119 Å². The van der Waals surface area contributed by atoms with Crippen LogP contribution in [0.3, 0.4) is 0 Å². The van der Waals surface area contributed by atoms with Crippen LogP contribution in [0.2, 0.25) is 5.28 Å². The molecule has 0 saturated carbocycles. The first-order valence-corrected chi connectivity index (χ1v) is 33.1. The topological polar surface area (TPSA) is 156 Å². The summed E-state index contributed by atoms with van der Waals surface area (Å²) in [4.78, 5) is 41.1. The van der Waals surface area contributed by atoms with E-state index in [0.717, 1.165) is 66.1 Å². The number of aromatic nitrogens is 9. The van der Waals surface area contributed by atoms with Gasteiger partial charge >= 0.3 is 7.12 Å². The summed E-state index contributed by atoms with van der Waals surface area (Å²) in [5, 5.41) is 18.0. The molecule has 14 heteroatoms. The monoisotopic (exact) mass is 1340 g/mol. The average molecular weight is 1340 g/mol. The number of halogens is 2. The maximum absolute atomic E-state index is 8.90. The van der Waals surface area contributed by atoms with Gasteiger partial charge in [-0.15, -0.1) is 0 Å². The van der Waals surface area contributed by atoms with Gasteiger partial charge in [-0.3, -0.25) is 15.0 Å². The van der Waals surface area contributed by atoms with Gasteiger partial charge in [0.05, 0.1) is 17.1 Å². The Bertz CT molecular complexity index is 4180. The molecule has 5 aromatic heterocycles. The van der Waals surface area contributed by atoms with E-state index in [1.807, 2.05) is 142 Å². The molecule has 0 amide bonds. The summed E-state index contributed by atoms with van der Waals surface area (Å²) in [6.07, 6.45) is 5.12. The Kier molecular flexibility index (Phi) is 24.3. The number of hydrogen-bond acceptors (Lipinski definition) is 11. The van der Waals surface area contributed by atoms with Gasteiger partial charge in [0.25, 0.3) is 0 Å². The normalized spacial score (nSPS) is 11.3. The maximum Gasteiger partial charge on any atom is 0.490 e. The molecule has 482 valence electrons. The number of hydrogen-bond donors (Lipinski definition) is 2. The molecule has 0 aliphatic carbocycles. The van der Waals surface area contributed by atoms with Gasteiger partial charge in [0.1, 0.15) is 0 Å². The summed E-state index contributed by atoms with van der Waals surface area (Å²) in [7, 11) is -1.46. The molecule has 0 spiro atoms. The van der Waals surface area contributed by atoms with E-state index < -0.39 is 7.12 Å². The summed E-state index contributed by atoms with van der Waals surface area (Å²) >= 11 is 9.55. The van der Waals surface area contributed by atoms with Crippen LogP contribution in [0.15, 0.2) is 248 Å². The maximum atomic E-state index is 8.90. The lowest BCUT2D eigenvalue weighted by molar-refractivity contribution is 0.425. The SMILES string of the molecule is Brc1ccc(-c2ccccc2)nc1.CC.CC(C)(C)c1ccc(-c2nc(-c3ccc(C(C)(C)C)cc3)nc(-c3ccc(-c4ccccc4)nc3)n2)cc1.CC(C)(C)c1ccc(-c2nc(Cl)nc(-c3ccc(C(C)(C)C)cc3)n2)cc1.OB(O)c1ccc(-c2ccccc2)nc1. The number of benzene rings is 7. The predicted molar refractivity (Wildman–Crippen MR) is 398 cm³/mol. The van der Waals surface area contributed by atoms with Gasteiger partial charge in [-0.25, -0.2) is 19.9 Å². The lowest BCUT2D eigenvalue weighted by Gasteiger charge is -2.19. The number of pyridine rings is 3. The molecular formula is C81H84BBrClN9O2. The van der Waals surface area contributed by atoms with E-state index in [1.165, 1.54) is 28.5 Å². The molecule has 0 saturated heterocycles. The zero-order chi connectivity index (χ0) is 68.5. The molecule has 12 rings (SSSR count). The Labute approximate surface area is 575 Å². The highest BCUT2D eigenvalue weighted by Crippen LogP contribution is 2.32. The molecule has 0 radical (unpaired) electrons. The third-order valence-electron chi connectivity index (χ3n) is 15.3. The van der Waals surface area contributed by atoms with Gasteiger partial charge in [-0.05, 0) is 102 Å². The Hall–Kier alpha value is -9.24. The zero-order valence-electron chi connectivity index (χ0n) is 56.8. The van der Waals surface area contributed by atoms with E-state index in [2.05, 4.69) is 221 Å². The minimum atomic E-state index is -1.46. The van der Waals surface area contributed by atoms with Crippen LogP contribution in [-0.2, 0) is 21.7 Å². The predicted octanol–water partition coefficient (Wildman–Crippen LogP) is 19.9. The third kappa shape index (κ3) is 20.4. The van der Waals surface area contributed by atoms with Crippen molar-refractivity contribution in [3.8, 4) is 90.7 Å². The first-order chi connectivity index (χ1) is 45.2. The average Bonchev–Trinajstić information content (AvgIpc) is 0.819. The fraction of sp³-hybridized carbons (Fsp3) is 0.222. The molecule has 0 fully saturated rings. The van der Waals surface area contributed by atoms with Crippen LogP contribution in [0.25, 0.3) is 90.7 Å². The minimum Gasteiger partial charge on any atom is -0.423 e. The van der Waals surface area contributed by atoms with Crippen molar-refractivity contribution in [2.75, 3.05) is 0 Å². The first kappa shape index (κ1) is 71.6. The van der Waals surface area contributed by atoms with E-state index in [1.54, 1.807) is 12.1 Å². The molecular weight excluding hydrogens is 1260 g/mol. The van der Waals surface area contributed by atoms with E-state index in [9.17, 15) is 0 Å². The van der Waals surface area contributed by atoms with E-state index in [-0.39, 0.29) is 26.9 Å². The van der Waals surface area contributed by atoms with Gasteiger partial charge < -0.3 is 10.0 Å². The lowest BCUT2D eigenvalue weighted by Crippen LogP contribution is -2.29. The lowest BCUT2D eigenvalue weighted by atomic mass is 9.81. The summed E-state index contributed by atoms with van der Waals surface area (Å²) in [5.74, 6) is 3.09. The van der Waals surface area contributed by atoms with Crippen molar-refractivity contribution in [2.24, 2.45) is 0 Å². The molecule has 11 nitrogen and oxygen atoms in total. The van der Waals surface area contributed by atoms with Crippen molar-refractivity contribution in [1.29, 1.82) is 0 Å². The van der Waals surface area contributed by atoms with Crippen LogP contribution in [0, 0.1) is 0 Å². The second-order valence-electron chi connectivity index (χ2n) is 26.6. The highest BCUT2D eigenvalue weighted by Gasteiger charge is 2.20. The van der Waals surface area contributed by atoms with Crippen LogP contribution in [0.1, 0.15) is 119 Å². The van der Waals surface area contributed by atoms with E-state index in [0.29, 0.717) is 34.6 Å². The molecule has 5 heterocycles. The molecule has 0 atom stereocenters.